The van der Waals surface area contributed by atoms with Crippen molar-refractivity contribution in [3.05, 3.63) is 88.0 Å². The van der Waals surface area contributed by atoms with Crippen molar-refractivity contribution in [3.63, 3.8) is 0 Å². The minimum Gasteiger partial charge on any atom is -0.386 e. The standard InChI is InChI=1S/C27H33O4P/c1-7-22-19(4)13-10-16-25(22)29-32(28,30-26-17-11-14-20(5)23(26)8-2)31-27-18-12-15-21(6)24(27)9-3/h10-18H,7-9H2,1-6H3. The van der Waals surface area contributed by atoms with Crippen molar-refractivity contribution in [3.8, 4) is 17.2 Å². The third-order valence-electron chi connectivity index (χ3n) is 5.79. The lowest BCUT2D eigenvalue weighted by Gasteiger charge is -2.24. The highest BCUT2D eigenvalue weighted by molar-refractivity contribution is 7.49. The van der Waals surface area contributed by atoms with Crippen molar-refractivity contribution >= 4 is 7.82 Å². The smallest absolute Gasteiger partial charge is 0.386 e. The van der Waals surface area contributed by atoms with Gasteiger partial charge in [-0.3, -0.25) is 0 Å². The summed E-state index contributed by atoms with van der Waals surface area (Å²) in [5.41, 5.74) is 6.18. The first kappa shape index (κ1) is 23.9. The van der Waals surface area contributed by atoms with Gasteiger partial charge in [0.15, 0.2) is 0 Å². The van der Waals surface area contributed by atoms with Crippen LogP contribution in [0.1, 0.15) is 54.2 Å². The highest BCUT2D eigenvalue weighted by Gasteiger charge is 2.35. The Morgan fingerprint density at radius 3 is 1.09 bits per heavy atom. The first-order valence-corrected chi connectivity index (χ1v) is 12.7. The van der Waals surface area contributed by atoms with Crippen molar-refractivity contribution in [2.24, 2.45) is 0 Å². The lowest BCUT2D eigenvalue weighted by molar-refractivity contribution is 0.295. The minimum absolute atomic E-state index is 0.521. The van der Waals surface area contributed by atoms with Gasteiger partial charge in [-0.1, -0.05) is 57.2 Å². The maximum absolute atomic E-state index is 14.2. The van der Waals surface area contributed by atoms with E-state index in [0.717, 1.165) is 52.6 Å². The molecule has 0 bridgehead atoms. The molecule has 0 aliphatic rings. The Bertz CT molecular complexity index is 995. The number of aryl methyl sites for hydroxylation is 3. The molecule has 3 aromatic carbocycles. The van der Waals surface area contributed by atoms with Gasteiger partial charge in [0.05, 0.1) is 0 Å². The SMILES string of the molecule is CCc1c(C)cccc1OP(=O)(Oc1cccc(C)c1CC)Oc1cccc(C)c1CC. The number of hydrogen-bond acceptors (Lipinski definition) is 4. The van der Waals surface area contributed by atoms with E-state index in [2.05, 4.69) is 0 Å². The van der Waals surface area contributed by atoms with Crippen LogP contribution in [-0.4, -0.2) is 0 Å². The molecule has 0 saturated heterocycles. The van der Waals surface area contributed by atoms with Gasteiger partial charge in [0.25, 0.3) is 0 Å². The van der Waals surface area contributed by atoms with Crippen LogP contribution in [0, 0.1) is 20.8 Å². The largest absolute Gasteiger partial charge is 0.647 e. The summed E-state index contributed by atoms with van der Waals surface area (Å²) in [6, 6.07) is 17.2. The molecule has 0 saturated carbocycles. The fourth-order valence-corrected chi connectivity index (χ4v) is 5.41. The van der Waals surface area contributed by atoms with E-state index in [4.69, 9.17) is 13.6 Å². The molecule has 0 radical (unpaired) electrons. The van der Waals surface area contributed by atoms with Crippen molar-refractivity contribution in [1.29, 1.82) is 0 Å². The molecule has 0 amide bonds. The van der Waals surface area contributed by atoms with E-state index in [9.17, 15) is 4.57 Å². The van der Waals surface area contributed by atoms with Gasteiger partial charge in [0.2, 0.25) is 0 Å². The van der Waals surface area contributed by atoms with Crippen molar-refractivity contribution in [1.82, 2.24) is 0 Å². The van der Waals surface area contributed by atoms with Gasteiger partial charge in [-0.05, 0) is 91.6 Å². The van der Waals surface area contributed by atoms with Gasteiger partial charge >= 0.3 is 7.82 Å². The maximum atomic E-state index is 14.2. The van der Waals surface area contributed by atoms with Crippen LogP contribution in [-0.2, 0) is 23.8 Å². The van der Waals surface area contributed by atoms with Gasteiger partial charge in [-0.25, -0.2) is 0 Å². The van der Waals surface area contributed by atoms with Crippen LogP contribution in [0.3, 0.4) is 0 Å². The molecule has 0 atom stereocenters. The van der Waals surface area contributed by atoms with Gasteiger partial charge in [-0.2, -0.15) is 4.57 Å². The summed E-state index contributed by atoms with van der Waals surface area (Å²) >= 11 is 0. The highest BCUT2D eigenvalue weighted by atomic mass is 31.2. The molecular weight excluding hydrogens is 419 g/mol. The molecule has 0 N–H and O–H groups in total. The van der Waals surface area contributed by atoms with E-state index in [1.165, 1.54) is 0 Å². The molecule has 5 heteroatoms. The molecule has 0 aromatic heterocycles. The second kappa shape index (κ2) is 10.3. The Balaban J connectivity index is 2.09. The first-order valence-electron chi connectivity index (χ1n) is 11.3. The molecule has 0 fully saturated rings. The number of hydrogen-bond donors (Lipinski definition) is 0. The average Bonchev–Trinajstić information content (AvgIpc) is 2.74. The fraction of sp³-hybridized carbons (Fsp3) is 0.333. The summed E-state index contributed by atoms with van der Waals surface area (Å²) in [6.45, 7) is 12.2. The Morgan fingerprint density at radius 2 is 0.844 bits per heavy atom. The summed E-state index contributed by atoms with van der Waals surface area (Å²) < 4.78 is 32.5. The number of phosphoric acid groups is 1. The van der Waals surface area contributed by atoms with Crippen LogP contribution in [0.2, 0.25) is 0 Å². The number of rotatable bonds is 9. The van der Waals surface area contributed by atoms with E-state index in [0.29, 0.717) is 17.2 Å². The van der Waals surface area contributed by atoms with Crippen LogP contribution >= 0.6 is 7.82 Å². The zero-order valence-corrected chi connectivity index (χ0v) is 20.8. The zero-order valence-electron chi connectivity index (χ0n) is 19.9. The van der Waals surface area contributed by atoms with Crippen molar-refractivity contribution < 1.29 is 18.1 Å². The highest BCUT2D eigenvalue weighted by Crippen LogP contribution is 2.52. The minimum atomic E-state index is -4.06. The van der Waals surface area contributed by atoms with Gasteiger partial charge in [0, 0.05) is 0 Å². The molecule has 0 aliphatic carbocycles. The first-order chi connectivity index (χ1) is 15.3. The zero-order chi connectivity index (χ0) is 23.3. The Kier molecular flexibility index (Phi) is 7.69. The van der Waals surface area contributed by atoms with Crippen LogP contribution in [0.15, 0.2) is 54.6 Å². The van der Waals surface area contributed by atoms with Gasteiger partial charge in [-0.15, -0.1) is 0 Å². The fourth-order valence-electron chi connectivity index (χ4n) is 4.06. The lowest BCUT2D eigenvalue weighted by atomic mass is 10.1. The quantitative estimate of drug-likeness (QED) is 0.309. The number of benzene rings is 3. The Morgan fingerprint density at radius 1 is 0.562 bits per heavy atom. The summed E-state index contributed by atoms with van der Waals surface area (Å²) in [5.74, 6) is 1.56. The molecule has 32 heavy (non-hydrogen) atoms. The molecule has 170 valence electrons. The predicted molar refractivity (Wildman–Crippen MR) is 131 cm³/mol. The Hall–Kier alpha value is -2.71. The summed E-state index contributed by atoms with van der Waals surface area (Å²) in [6.07, 6.45) is 2.24. The predicted octanol–water partition coefficient (Wildman–Crippen LogP) is 7.94. The Labute approximate surface area is 192 Å². The van der Waals surface area contributed by atoms with E-state index >= 15 is 0 Å². The third-order valence-corrected chi connectivity index (χ3v) is 7.05. The van der Waals surface area contributed by atoms with Crippen LogP contribution in [0.4, 0.5) is 0 Å². The second-order valence-corrected chi connectivity index (χ2v) is 9.38. The summed E-state index contributed by atoms with van der Waals surface area (Å²) in [5, 5.41) is 0. The average molecular weight is 453 g/mol. The number of phosphoric ester groups is 1. The van der Waals surface area contributed by atoms with Gasteiger partial charge < -0.3 is 13.6 Å². The van der Waals surface area contributed by atoms with Crippen molar-refractivity contribution in [2.75, 3.05) is 0 Å². The van der Waals surface area contributed by atoms with E-state index in [1.807, 2.05) is 96.1 Å². The molecule has 0 heterocycles. The van der Waals surface area contributed by atoms with Crippen molar-refractivity contribution in [2.45, 2.75) is 60.8 Å². The van der Waals surface area contributed by atoms with Gasteiger partial charge in [0.1, 0.15) is 17.2 Å². The van der Waals surface area contributed by atoms with E-state index in [-0.39, 0.29) is 0 Å². The van der Waals surface area contributed by atoms with Crippen LogP contribution in [0.5, 0.6) is 17.2 Å². The molecule has 0 unspecified atom stereocenters. The summed E-state index contributed by atoms with van der Waals surface area (Å²) in [4.78, 5) is 0. The van der Waals surface area contributed by atoms with Crippen LogP contribution in [0.25, 0.3) is 0 Å². The molecular formula is C27H33O4P. The topological polar surface area (TPSA) is 44.8 Å². The monoisotopic (exact) mass is 452 g/mol. The van der Waals surface area contributed by atoms with Crippen LogP contribution < -0.4 is 13.6 Å². The molecule has 4 nitrogen and oxygen atoms in total. The normalized spacial score (nSPS) is 11.3. The molecule has 0 spiro atoms. The summed E-state index contributed by atoms with van der Waals surface area (Å²) in [7, 11) is -4.06. The molecule has 3 aromatic rings. The maximum Gasteiger partial charge on any atom is 0.647 e. The third kappa shape index (κ3) is 5.19. The molecule has 0 aliphatic heterocycles. The van der Waals surface area contributed by atoms with E-state index < -0.39 is 7.82 Å². The van der Waals surface area contributed by atoms with E-state index in [1.54, 1.807) is 0 Å². The second-order valence-electron chi connectivity index (χ2n) is 7.94. The molecule has 3 rings (SSSR count). The lowest BCUT2D eigenvalue weighted by Crippen LogP contribution is -2.11.